The molecule has 2 aromatic carbocycles. The number of hydrogen-bond acceptors (Lipinski definition) is 9. The Kier molecular flexibility index (Phi) is 6.87. The number of aromatic nitrogens is 6. The zero-order chi connectivity index (χ0) is 30.6. The molecule has 1 saturated heterocycles. The molecule has 0 radical (unpaired) electrons. The van der Waals surface area contributed by atoms with Crippen LogP contribution in [-0.2, 0) is 10.0 Å². The molecule has 226 valence electrons. The van der Waals surface area contributed by atoms with Gasteiger partial charge in [0.2, 0.25) is 0 Å². The third kappa shape index (κ3) is 4.88. The van der Waals surface area contributed by atoms with Gasteiger partial charge in [-0.1, -0.05) is 18.9 Å². The van der Waals surface area contributed by atoms with Gasteiger partial charge >= 0.3 is 5.69 Å². The summed E-state index contributed by atoms with van der Waals surface area (Å²) in [5.74, 6) is -1.39. The SMILES string of the molecule is O=c1nc(N2CCCCCC2)c2cc(F)c(-c3c(O)cccc3F)nc2n1-c1ccc(S(=O)(=O)n2cnc(C3CC3)n2)cc1. The van der Waals surface area contributed by atoms with Gasteiger partial charge in [-0.05, 0) is 68.1 Å². The molecule has 2 fully saturated rings. The van der Waals surface area contributed by atoms with Gasteiger partial charge in [-0.2, -0.15) is 13.4 Å². The van der Waals surface area contributed by atoms with Crippen molar-refractivity contribution in [2.75, 3.05) is 18.0 Å². The minimum Gasteiger partial charge on any atom is -0.507 e. The topological polar surface area (TPSA) is 136 Å². The Balaban J connectivity index is 1.39. The summed E-state index contributed by atoms with van der Waals surface area (Å²) in [5, 5.41) is 14.8. The van der Waals surface area contributed by atoms with Gasteiger partial charge in [-0.25, -0.2) is 28.1 Å². The Labute approximate surface area is 250 Å². The van der Waals surface area contributed by atoms with Gasteiger partial charge in [-0.15, -0.1) is 9.19 Å². The fourth-order valence-electron chi connectivity index (χ4n) is 5.57. The van der Waals surface area contributed by atoms with Crippen LogP contribution in [0.4, 0.5) is 14.6 Å². The number of fused-ring (bicyclic) bond motifs is 1. The van der Waals surface area contributed by atoms with Crippen molar-refractivity contribution in [2.24, 2.45) is 0 Å². The van der Waals surface area contributed by atoms with Crippen LogP contribution in [0.3, 0.4) is 0 Å². The van der Waals surface area contributed by atoms with E-state index in [0.29, 0.717) is 18.9 Å². The number of phenolic OH excluding ortho intramolecular Hbond substituents is 1. The average Bonchev–Trinajstić information content (AvgIpc) is 3.79. The Morgan fingerprint density at radius 2 is 1.64 bits per heavy atom. The van der Waals surface area contributed by atoms with Crippen molar-refractivity contribution >= 4 is 26.9 Å². The molecule has 0 atom stereocenters. The van der Waals surface area contributed by atoms with Crippen LogP contribution >= 0.6 is 0 Å². The first-order valence-corrected chi connectivity index (χ1v) is 15.8. The summed E-state index contributed by atoms with van der Waals surface area (Å²) < 4.78 is 58.9. The maximum atomic E-state index is 15.7. The van der Waals surface area contributed by atoms with Gasteiger partial charge in [-0.3, -0.25) is 0 Å². The number of hydrogen-bond donors (Lipinski definition) is 1. The molecule has 2 aliphatic rings. The first-order chi connectivity index (χ1) is 21.2. The van der Waals surface area contributed by atoms with Gasteiger partial charge in [0.15, 0.2) is 17.3 Å². The number of benzene rings is 2. The molecule has 1 aliphatic heterocycles. The van der Waals surface area contributed by atoms with Crippen LogP contribution in [0.5, 0.6) is 5.75 Å². The Bertz CT molecular complexity index is 2050. The van der Waals surface area contributed by atoms with Gasteiger partial charge in [0.25, 0.3) is 10.0 Å². The normalized spacial score (nSPS) is 15.9. The molecule has 14 heteroatoms. The standard InChI is InChI=1S/C30H27F2N7O4S/c31-22-6-5-7-24(40)25(22)26-23(32)16-21-28(37-14-3-1-2-4-15-37)35-30(41)39(29(21)34-26)19-10-12-20(13-11-19)44(42,43)38-17-33-27(36-38)18-8-9-18/h5-7,10-13,16-18,40H,1-4,8-9,14-15H2. The highest BCUT2D eigenvalue weighted by Gasteiger charge is 2.30. The molecule has 11 nitrogen and oxygen atoms in total. The fraction of sp³-hybridized carbons (Fsp3) is 0.300. The average molecular weight is 620 g/mol. The number of aromatic hydroxyl groups is 1. The van der Waals surface area contributed by atoms with Crippen LogP contribution < -0.4 is 10.6 Å². The second kappa shape index (κ2) is 10.8. The minimum atomic E-state index is -4.06. The molecular formula is C30H27F2N7O4S. The van der Waals surface area contributed by atoms with Gasteiger partial charge in [0.05, 0.1) is 21.5 Å². The summed E-state index contributed by atoms with van der Waals surface area (Å²) in [4.78, 5) is 28.3. The first-order valence-electron chi connectivity index (χ1n) is 14.4. The second-order valence-corrected chi connectivity index (χ2v) is 12.8. The lowest BCUT2D eigenvalue weighted by Gasteiger charge is -2.24. The zero-order valence-corrected chi connectivity index (χ0v) is 24.2. The lowest BCUT2D eigenvalue weighted by molar-refractivity contribution is 0.470. The lowest BCUT2D eigenvalue weighted by atomic mass is 10.1. The summed E-state index contributed by atoms with van der Waals surface area (Å²) in [7, 11) is -4.06. The summed E-state index contributed by atoms with van der Waals surface area (Å²) in [6.45, 7) is 1.22. The Morgan fingerprint density at radius 3 is 2.32 bits per heavy atom. The van der Waals surface area contributed by atoms with Crippen molar-refractivity contribution in [1.82, 2.24) is 28.7 Å². The maximum Gasteiger partial charge on any atom is 0.355 e. The molecule has 1 saturated carbocycles. The zero-order valence-electron chi connectivity index (χ0n) is 23.4. The maximum absolute atomic E-state index is 15.7. The molecule has 0 bridgehead atoms. The van der Waals surface area contributed by atoms with Crippen molar-refractivity contribution in [3.63, 3.8) is 0 Å². The number of rotatable bonds is 6. The summed E-state index contributed by atoms with van der Waals surface area (Å²) in [5.41, 5.74) is -1.48. The molecule has 3 aromatic heterocycles. The molecule has 44 heavy (non-hydrogen) atoms. The smallest absolute Gasteiger partial charge is 0.355 e. The van der Waals surface area contributed by atoms with E-state index in [4.69, 9.17) is 0 Å². The third-order valence-electron chi connectivity index (χ3n) is 8.01. The monoisotopic (exact) mass is 619 g/mol. The van der Waals surface area contributed by atoms with Gasteiger partial charge in [0, 0.05) is 19.0 Å². The van der Waals surface area contributed by atoms with Crippen LogP contribution in [0.2, 0.25) is 0 Å². The van der Waals surface area contributed by atoms with E-state index in [1.165, 1.54) is 42.7 Å². The Hall–Kier alpha value is -4.72. The molecule has 0 spiro atoms. The van der Waals surface area contributed by atoms with E-state index in [-0.39, 0.29) is 33.4 Å². The number of halogens is 2. The third-order valence-corrected chi connectivity index (χ3v) is 9.54. The van der Waals surface area contributed by atoms with E-state index in [1.807, 2.05) is 4.90 Å². The van der Waals surface area contributed by atoms with E-state index < -0.39 is 44.4 Å². The number of nitrogens with zero attached hydrogens (tertiary/aromatic N) is 7. The molecule has 0 unspecified atom stereocenters. The molecule has 4 heterocycles. The fourth-order valence-corrected chi connectivity index (χ4v) is 6.62. The number of anilines is 1. The number of phenols is 1. The second-order valence-electron chi connectivity index (χ2n) is 11.0. The van der Waals surface area contributed by atoms with Crippen molar-refractivity contribution < 1.29 is 22.3 Å². The van der Waals surface area contributed by atoms with Crippen LogP contribution in [0.15, 0.2) is 64.5 Å². The van der Waals surface area contributed by atoms with E-state index in [1.54, 1.807) is 0 Å². The van der Waals surface area contributed by atoms with E-state index in [0.717, 1.165) is 59.3 Å². The van der Waals surface area contributed by atoms with Crippen molar-refractivity contribution in [1.29, 1.82) is 0 Å². The minimum absolute atomic E-state index is 0.0238. The van der Waals surface area contributed by atoms with Crippen LogP contribution in [0.25, 0.3) is 28.0 Å². The summed E-state index contributed by atoms with van der Waals surface area (Å²) in [6.07, 6.45) is 6.77. The van der Waals surface area contributed by atoms with E-state index in [9.17, 15) is 22.7 Å². The summed E-state index contributed by atoms with van der Waals surface area (Å²) in [6, 6.07) is 10.2. The van der Waals surface area contributed by atoms with E-state index in [2.05, 4.69) is 20.1 Å². The van der Waals surface area contributed by atoms with Gasteiger partial charge < -0.3 is 10.0 Å². The molecule has 5 aromatic rings. The van der Waals surface area contributed by atoms with Crippen molar-refractivity contribution in [3.05, 3.63) is 82.8 Å². The van der Waals surface area contributed by atoms with Gasteiger partial charge in [0.1, 0.15) is 29.4 Å². The van der Waals surface area contributed by atoms with Crippen molar-refractivity contribution in [3.8, 4) is 22.7 Å². The summed E-state index contributed by atoms with van der Waals surface area (Å²) >= 11 is 0. The van der Waals surface area contributed by atoms with Crippen LogP contribution in [-0.4, -0.2) is 55.3 Å². The first kappa shape index (κ1) is 28.1. The molecular weight excluding hydrogens is 592 g/mol. The highest BCUT2D eigenvalue weighted by molar-refractivity contribution is 7.89. The lowest BCUT2D eigenvalue weighted by Crippen LogP contribution is -2.31. The number of pyridine rings is 1. The highest BCUT2D eigenvalue weighted by Crippen LogP contribution is 2.38. The Morgan fingerprint density at radius 1 is 0.909 bits per heavy atom. The molecule has 1 N–H and O–H groups in total. The predicted octanol–water partition coefficient (Wildman–Crippen LogP) is 4.52. The van der Waals surface area contributed by atoms with Crippen LogP contribution in [0, 0.1) is 11.6 Å². The van der Waals surface area contributed by atoms with Crippen molar-refractivity contribution in [2.45, 2.75) is 49.3 Å². The quantitative estimate of drug-likeness (QED) is 0.291. The highest BCUT2D eigenvalue weighted by atomic mass is 32.2. The largest absolute Gasteiger partial charge is 0.507 e. The molecule has 7 rings (SSSR count). The molecule has 1 aliphatic carbocycles. The van der Waals surface area contributed by atoms with E-state index >= 15 is 4.39 Å². The predicted molar refractivity (Wildman–Crippen MR) is 157 cm³/mol. The molecule has 0 amide bonds. The van der Waals surface area contributed by atoms with Crippen LogP contribution in [0.1, 0.15) is 50.3 Å².